The number of ether oxygens (including phenoxy) is 3. The molecule has 0 aliphatic heterocycles. The van der Waals surface area contributed by atoms with Gasteiger partial charge in [0.15, 0.2) is 6.10 Å². The normalized spacial score (nSPS) is 12.1. The van der Waals surface area contributed by atoms with Gasteiger partial charge in [-0.15, -0.1) is 0 Å². The summed E-state index contributed by atoms with van der Waals surface area (Å²) in [5.74, 6) is -0.850. The maximum Gasteiger partial charge on any atom is 0.306 e. The first-order valence-electron chi connectivity index (χ1n) is 34.8. The predicted molar refractivity (Wildman–Crippen MR) is 335 cm³/mol. The maximum absolute atomic E-state index is 12.9. The SMILES string of the molecule is CCCCC/C=C\CCCCCCCC(=O)OCC(COC(=O)CCCCCCCCCCCCCCCCCCCCCCC/C=C\CCCCCCCCCC)OC(=O)CCCCCCCCCCCCCCCC. The average Bonchev–Trinajstić information content (AvgIpc) is 3.43. The Morgan fingerprint density at radius 2 is 0.429 bits per heavy atom. The molecule has 0 aliphatic rings. The van der Waals surface area contributed by atoms with Gasteiger partial charge >= 0.3 is 17.9 Å². The number of unbranched alkanes of at least 4 members (excludes halogenated alkanes) is 50. The van der Waals surface area contributed by atoms with Crippen LogP contribution in [-0.2, 0) is 28.6 Å². The highest BCUT2D eigenvalue weighted by atomic mass is 16.6. The summed E-state index contributed by atoms with van der Waals surface area (Å²) in [6.45, 7) is 6.67. The second kappa shape index (κ2) is 66.4. The van der Waals surface area contributed by atoms with Crippen LogP contribution < -0.4 is 0 Å². The largest absolute Gasteiger partial charge is 0.462 e. The molecule has 0 bridgehead atoms. The topological polar surface area (TPSA) is 78.9 Å². The molecule has 1 unspecified atom stereocenters. The van der Waals surface area contributed by atoms with Crippen molar-refractivity contribution in [2.75, 3.05) is 13.2 Å². The lowest BCUT2D eigenvalue weighted by atomic mass is 10.0. The summed E-state index contributed by atoms with van der Waals surface area (Å²) < 4.78 is 16.9. The summed E-state index contributed by atoms with van der Waals surface area (Å²) in [5.41, 5.74) is 0. The summed E-state index contributed by atoms with van der Waals surface area (Å²) >= 11 is 0. The molecule has 0 heterocycles. The van der Waals surface area contributed by atoms with Crippen molar-refractivity contribution < 1.29 is 28.6 Å². The van der Waals surface area contributed by atoms with Crippen LogP contribution in [0.4, 0.5) is 0 Å². The van der Waals surface area contributed by atoms with Crippen LogP contribution in [0.15, 0.2) is 24.3 Å². The van der Waals surface area contributed by atoms with E-state index in [1.165, 1.54) is 289 Å². The van der Waals surface area contributed by atoms with Gasteiger partial charge in [0.05, 0.1) is 0 Å². The maximum atomic E-state index is 12.9. The van der Waals surface area contributed by atoms with E-state index in [0.717, 1.165) is 64.2 Å². The van der Waals surface area contributed by atoms with Crippen molar-refractivity contribution in [2.24, 2.45) is 0 Å². The Bertz CT molecular complexity index is 1240. The van der Waals surface area contributed by atoms with E-state index in [1.807, 2.05) is 0 Å². The molecule has 0 spiro atoms. The van der Waals surface area contributed by atoms with E-state index in [4.69, 9.17) is 14.2 Å². The monoisotopic (exact) mass is 1080 g/mol. The fraction of sp³-hybridized carbons (Fsp3) is 0.901. The Hall–Kier alpha value is -2.11. The van der Waals surface area contributed by atoms with Crippen molar-refractivity contribution in [3.63, 3.8) is 0 Å². The van der Waals surface area contributed by atoms with Crippen LogP contribution in [-0.4, -0.2) is 37.2 Å². The zero-order valence-corrected chi connectivity index (χ0v) is 52.3. The minimum Gasteiger partial charge on any atom is -0.462 e. The van der Waals surface area contributed by atoms with Crippen LogP contribution in [0.2, 0.25) is 0 Å². The summed E-state index contributed by atoms with van der Waals surface area (Å²) in [5, 5.41) is 0. The average molecular weight is 1080 g/mol. The van der Waals surface area contributed by atoms with Crippen molar-refractivity contribution in [2.45, 2.75) is 399 Å². The number of carbonyl (C=O) groups excluding carboxylic acids is 3. The van der Waals surface area contributed by atoms with E-state index in [2.05, 4.69) is 45.1 Å². The first kappa shape index (κ1) is 74.9. The first-order valence-corrected chi connectivity index (χ1v) is 34.8. The van der Waals surface area contributed by atoms with Crippen LogP contribution in [0.5, 0.6) is 0 Å². The van der Waals surface area contributed by atoms with Gasteiger partial charge in [-0.05, 0) is 70.6 Å². The van der Waals surface area contributed by atoms with Crippen molar-refractivity contribution in [3.05, 3.63) is 24.3 Å². The fourth-order valence-electron chi connectivity index (χ4n) is 10.7. The standard InChI is InChI=1S/C71H134O6/c1-4-7-10-13-16-19-22-25-27-28-29-30-31-32-33-34-35-36-37-38-39-40-41-42-43-44-45-47-49-52-55-58-61-64-70(73)76-67-68(66-75-69(72)63-60-57-54-51-48-24-21-18-15-12-9-6-3)77-71(74)65-62-59-56-53-50-46-26-23-20-17-14-11-8-5-2/h18,21,28-29,68H,4-17,19-20,22-27,30-67H2,1-3H3/b21-18-,29-28-. The third-order valence-corrected chi connectivity index (χ3v) is 15.9. The molecule has 0 fully saturated rings. The van der Waals surface area contributed by atoms with Crippen molar-refractivity contribution in [3.8, 4) is 0 Å². The molecule has 0 N–H and O–H groups in total. The molecule has 77 heavy (non-hydrogen) atoms. The molecule has 0 aromatic rings. The molecule has 0 rings (SSSR count). The fourth-order valence-corrected chi connectivity index (χ4v) is 10.7. The summed E-state index contributed by atoms with van der Waals surface area (Å²) in [6.07, 6.45) is 80.8. The van der Waals surface area contributed by atoms with Crippen molar-refractivity contribution >= 4 is 17.9 Å². The van der Waals surface area contributed by atoms with E-state index in [1.54, 1.807) is 0 Å². The third-order valence-electron chi connectivity index (χ3n) is 15.9. The Morgan fingerprint density at radius 1 is 0.247 bits per heavy atom. The molecule has 454 valence electrons. The lowest BCUT2D eigenvalue weighted by Gasteiger charge is -2.18. The second-order valence-corrected chi connectivity index (χ2v) is 23.8. The van der Waals surface area contributed by atoms with E-state index >= 15 is 0 Å². The molecule has 6 heteroatoms. The van der Waals surface area contributed by atoms with Crippen LogP contribution in [0.25, 0.3) is 0 Å². The lowest BCUT2D eigenvalue weighted by Crippen LogP contribution is -2.30. The van der Waals surface area contributed by atoms with Crippen LogP contribution in [0.3, 0.4) is 0 Å². The van der Waals surface area contributed by atoms with Crippen molar-refractivity contribution in [1.82, 2.24) is 0 Å². The number of hydrogen-bond acceptors (Lipinski definition) is 6. The molecular weight excluding hydrogens is 949 g/mol. The van der Waals surface area contributed by atoms with Crippen LogP contribution in [0, 0.1) is 0 Å². The molecule has 0 saturated carbocycles. The van der Waals surface area contributed by atoms with Gasteiger partial charge in [-0.2, -0.15) is 0 Å². The van der Waals surface area contributed by atoms with Crippen molar-refractivity contribution in [1.29, 1.82) is 0 Å². The summed E-state index contributed by atoms with van der Waals surface area (Å²) in [7, 11) is 0. The predicted octanol–water partition coefficient (Wildman–Crippen LogP) is 23.8. The Labute approximate surface area is 481 Å². The lowest BCUT2D eigenvalue weighted by molar-refractivity contribution is -0.167. The molecule has 1 atom stereocenters. The zero-order valence-electron chi connectivity index (χ0n) is 52.3. The Morgan fingerprint density at radius 3 is 0.675 bits per heavy atom. The summed E-state index contributed by atoms with van der Waals surface area (Å²) in [6, 6.07) is 0. The smallest absolute Gasteiger partial charge is 0.306 e. The highest BCUT2D eigenvalue weighted by Gasteiger charge is 2.19. The molecule has 0 amide bonds. The first-order chi connectivity index (χ1) is 38.0. The molecular formula is C71H134O6. The Balaban J connectivity index is 4.03. The van der Waals surface area contributed by atoms with Gasteiger partial charge < -0.3 is 14.2 Å². The number of esters is 3. The number of rotatable bonds is 65. The highest BCUT2D eigenvalue weighted by molar-refractivity contribution is 5.71. The van der Waals surface area contributed by atoms with Gasteiger partial charge in [0.25, 0.3) is 0 Å². The third kappa shape index (κ3) is 64.6. The van der Waals surface area contributed by atoms with Gasteiger partial charge in [0.1, 0.15) is 13.2 Å². The second-order valence-electron chi connectivity index (χ2n) is 23.8. The quantitative estimate of drug-likeness (QED) is 0.0261. The number of carbonyl (C=O) groups is 3. The van der Waals surface area contributed by atoms with Gasteiger partial charge in [-0.1, -0.05) is 328 Å². The van der Waals surface area contributed by atoms with Gasteiger partial charge in [-0.3, -0.25) is 14.4 Å². The van der Waals surface area contributed by atoms with E-state index in [0.29, 0.717) is 19.3 Å². The molecule has 0 saturated heterocycles. The summed E-state index contributed by atoms with van der Waals surface area (Å²) in [4.78, 5) is 38.2. The molecule has 0 radical (unpaired) electrons. The molecule has 0 aromatic carbocycles. The van der Waals surface area contributed by atoms with Crippen LogP contribution >= 0.6 is 0 Å². The minimum atomic E-state index is -0.770. The van der Waals surface area contributed by atoms with E-state index < -0.39 is 6.10 Å². The number of hydrogen-bond donors (Lipinski definition) is 0. The molecule has 0 aromatic heterocycles. The zero-order chi connectivity index (χ0) is 55.7. The highest BCUT2D eigenvalue weighted by Crippen LogP contribution is 2.18. The molecule has 6 nitrogen and oxygen atoms in total. The number of allylic oxidation sites excluding steroid dienone is 4. The van der Waals surface area contributed by atoms with Crippen LogP contribution in [0.1, 0.15) is 393 Å². The molecule has 0 aliphatic carbocycles. The Kier molecular flexibility index (Phi) is 64.6. The van der Waals surface area contributed by atoms with Gasteiger partial charge in [0, 0.05) is 19.3 Å². The van der Waals surface area contributed by atoms with E-state index in [-0.39, 0.29) is 31.1 Å². The van der Waals surface area contributed by atoms with E-state index in [9.17, 15) is 14.4 Å². The van der Waals surface area contributed by atoms with Gasteiger partial charge in [-0.25, -0.2) is 0 Å². The minimum absolute atomic E-state index is 0.0675. The van der Waals surface area contributed by atoms with Gasteiger partial charge in [0.2, 0.25) is 0 Å².